The Bertz CT molecular complexity index is 746. The third-order valence-electron chi connectivity index (χ3n) is 3.92. The number of piperidine rings is 1. The average Bonchev–Trinajstić information content (AvgIpc) is 3.05. The lowest BCUT2D eigenvalue weighted by Gasteiger charge is -2.34. The summed E-state index contributed by atoms with van der Waals surface area (Å²) in [6.45, 7) is 0.545. The number of primary amides is 1. The second-order valence-electron chi connectivity index (χ2n) is 5.42. The minimum absolute atomic E-state index is 0.0612. The van der Waals surface area contributed by atoms with E-state index in [4.69, 9.17) is 5.73 Å². The molecule has 2 heterocycles. The maximum atomic E-state index is 13.9. The minimum Gasteiger partial charge on any atom is -0.365 e. The zero-order valence-corrected chi connectivity index (χ0v) is 13.2. The molecule has 1 aromatic heterocycles. The van der Waals surface area contributed by atoms with Crippen LogP contribution in [0.4, 0.5) is 4.39 Å². The minimum atomic E-state index is -0.531. The van der Waals surface area contributed by atoms with Crippen LogP contribution in [0, 0.1) is 5.82 Å². The highest BCUT2D eigenvalue weighted by Crippen LogP contribution is 2.34. The van der Waals surface area contributed by atoms with E-state index in [2.05, 4.69) is 4.98 Å². The summed E-state index contributed by atoms with van der Waals surface area (Å²) in [6, 6.07) is 5.72. The molecule has 5 nitrogen and oxygen atoms in total. The Hall–Kier alpha value is -2.28. The molecule has 1 aliphatic heterocycles. The molecule has 0 aliphatic carbocycles. The van der Waals surface area contributed by atoms with E-state index in [0.717, 1.165) is 19.3 Å². The number of hydrogen-bond acceptors (Lipinski definition) is 4. The molecule has 2 aromatic rings. The predicted molar refractivity (Wildman–Crippen MR) is 84.7 cm³/mol. The SMILES string of the molecule is NC(=O)c1cnc(C2CCCCN2C(=O)c2ccccc2F)s1. The number of halogens is 1. The van der Waals surface area contributed by atoms with E-state index in [9.17, 15) is 14.0 Å². The number of rotatable bonds is 3. The molecular formula is C16H16FN3O2S. The van der Waals surface area contributed by atoms with Gasteiger partial charge in [0.05, 0.1) is 17.8 Å². The summed E-state index contributed by atoms with van der Waals surface area (Å²) in [5.74, 6) is -1.40. The molecular weight excluding hydrogens is 317 g/mol. The lowest BCUT2D eigenvalue weighted by molar-refractivity contribution is 0.0606. The fourth-order valence-electron chi connectivity index (χ4n) is 2.78. The molecule has 120 valence electrons. The first-order valence-electron chi connectivity index (χ1n) is 7.39. The largest absolute Gasteiger partial charge is 0.365 e. The van der Waals surface area contributed by atoms with Crippen molar-refractivity contribution in [1.82, 2.24) is 9.88 Å². The molecule has 0 radical (unpaired) electrons. The number of thiazole rings is 1. The van der Waals surface area contributed by atoms with Gasteiger partial charge in [0.15, 0.2) is 0 Å². The first kappa shape index (κ1) is 15.6. The van der Waals surface area contributed by atoms with Crippen molar-refractivity contribution in [2.24, 2.45) is 5.73 Å². The number of nitrogens with two attached hydrogens (primary N) is 1. The van der Waals surface area contributed by atoms with Gasteiger partial charge in [-0.2, -0.15) is 0 Å². The Morgan fingerprint density at radius 3 is 2.78 bits per heavy atom. The molecule has 0 spiro atoms. The van der Waals surface area contributed by atoms with E-state index in [0.29, 0.717) is 16.4 Å². The van der Waals surface area contributed by atoms with Gasteiger partial charge in [0, 0.05) is 6.54 Å². The molecule has 1 saturated heterocycles. The molecule has 7 heteroatoms. The van der Waals surface area contributed by atoms with E-state index >= 15 is 0 Å². The van der Waals surface area contributed by atoms with Crippen LogP contribution >= 0.6 is 11.3 Å². The van der Waals surface area contributed by atoms with E-state index in [1.165, 1.54) is 29.7 Å². The highest BCUT2D eigenvalue weighted by molar-refractivity contribution is 7.13. The van der Waals surface area contributed by atoms with Gasteiger partial charge in [0.2, 0.25) is 0 Å². The van der Waals surface area contributed by atoms with Crippen LogP contribution in [0.25, 0.3) is 0 Å². The number of carbonyl (C=O) groups excluding carboxylic acids is 2. The smallest absolute Gasteiger partial charge is 0.260 e. The highest BCUT2D eigenvalue weighted by Gasteiger charge is 2.32. The average molecular weight is 333 g/mol. The van der Waals surface area contributed by atoms with Crippen molar-refractivity contribution < 1.29 is 14.0 Å². The molecule has 2 amide bonds. The van der Waals surface area contributed by atoms with E-state index in [-0.39, 0.29) is 17.5 Å². The maximum absolute atomic E-state index is 13.9. The fourth-order valence-corrected chi connectivity index (χ4v) is 3.69. The van der Waals surface area contributed by atoms with Crippen LogP contribution in [0.5, 0.6) is 0 Å². The molecule has 3 rings (SSSR count). The number of nitrogens with zero attached hydrogens (tertiary/aromatic N) is 2. The number of amides is 2. The van der Waals surface area contributed by atoms with Crippen LogP contribution < -0.4 is 5.73 Å². The monoisotopic (exact) mass is 333 g/mol. The van der Waals surface area contributed by atoms with Gasteiger partial charge in [-0.15, -0.1) is 11.3 Å². The number of carbonyl (C=O) groups is 2. The van der Waals surface area contributed by atoms with Crippen molar-refractivity contribution in [3.63, 3.8) is 0 Å². The van der Waals surface area contributed by atoms with Crippen molar-refractivity contribution in [3.8, 4) is 0 Å². The van der Waals surface area contributed by atoms with E-state index in [1.54, 1.807) is 17.0 Å². The van der Waals surface area contributed by atoms with Crippen LogP contribution in [0.15, 0.2) is 30.5 Å². The number of aromatic nitrogens is 1. The summed E-state index contributed by atoms with van der Waals surface area (Å²) in [4.78, 5) is 30.2. The van der Waals surface area contributed by atoms with Gasteiger partial charge in [0.1, 0.15) is 15.7 Å². The van der Waals surface area contributed by atoms with Crippen LogP contribution in [0.2, 0.25) is 0 Å². The first-order valence-corrected chi connectivity index (χ1v) is 8.20. The summed E-state index contributed by atoms with van der Waals surface area (Å²) in [6.07, 6.45) is 4.00. The molecule has 1 aliphatic rings. The van der Waals surface area contributed by atoms with Gasteiger partial charge >= 0.3 is 0 Å². The molecule has 1 fully saturated rings. The molecule has 0 bridgehead atoms. The Kier molecular flexibility index (Phi) is 4.38. The Balaban J connectivity index is 1.90. The quantitative estimate of drug-likeness (QED) is 0.938. The topological polar surface area (TPSA) is 76.3 Å². The lowest BCUT2D eigenvalue weighted by Crippen LogP contribution is -2.38. The second-order valence-corrected chi connectivity index (χ2v) is 6.48. The van der Waals surface area contributed by atoms with Gasteiger partial charge in [-0.1, -0.05) is 12.1 Å². The third-order valence-corrected chi connectivity index (χ3v) is 5.03. The first-order chi connectivity index (χ1) is 11.1. The van der Waals surface area contributed by atoms with E-state index in [1.807, 2.05) is 0 Å². The van der Waals surface area contributed by atoms with Gasteiger partial charge in [-0.25, -0.2) is 9.37 Å². The van der Waals surface area contributed by atoms with Gasteiger partial charge in [-0.3, -0.25) is 9.59 Å². The molecule has 2 N–H and O–H groups in total. The van der Waals surface area contributed by atoms with Gasteiger partial charge in [-0.05, 0) is 31.4 Å². The van der Waals surface area contributed by atoms with Crippen LogP contribution in [0.3, 0.4) is 0 Å². The van der Waals surface area contributed by atoms with Crippen LogP contribution in [-0.2, 0) is 0 Å². The van der Waals surface area contributed by atoms with Crippen LogP contribution in [0.1, 0.15) is 50.3 Å². The van der Waals surface area contributed by atoms with E-state index < -0.39 is 11.7 Å². The van der Waals surface area contributed by atoms with Crippen molar-refractivity contribution in [3.05, 3.63) is 51.7 Å². The summed E-state index contributed by atoms with van der Waals surface area (Å²) in [5, 5.41) is 0.670. The molecule has 1 atom stereocenters. The third kappa shape index (κ3) is 3.10. The van der Waals surface area contributed by atoms with Crippen molar-refractivity contribution in [1.29, 1.82) is 0 Å². The number of likely N-dealkylation sites (tertiary alicyclic amines) is 1. The van der Waals surface area contributed by atoms with Crippen LogP contribution in [-0.4, -0.2) is 28.2 Å². The zero-order valence-electron chi connectivity index (χ0n) is 12.4. The normalized spacial score (nSPS) is 18.0. The van der Waals surface area contributed by atoms with Gasteiger partial charge in [0.25, 0.3) is 11.8 Å². The fraction of sp³-hybridized carbons (Fsp3) is 0.312. The summed E-state index contributed by atoms with van der Waals surface area (Å²) in [5.41, 5.74) is 5.32. The Labute approximate surface area is 136 Å². The molecule has 23 heavy (non-hydrogen) atoms. The van der Waals surface area contributed by atoms with Crippen molar-refractivity contribution in [2.75, 3.05) is 6.54 Å². The zero-order chi connectivity index (χ0) is 16.4. The Morgan fingerprint density at radius 2 is 2.09 bits per heavy atom. The second kappa shape index (κ2) is 6.45. The summed E-state index contributed by atoms with van der Waals surface area (Å²) in [7, 11) is 0. The Morgan fingerprint density at radius 1 is 1.30 bits per heavy atom. The van der Waals surface area contributed by atoms with Crippen molar-refractivity contribution >= 4 is 23.2 Å². The lowest BCUT2D eigenvalue weighted by atomic mass is 10.0. The number of benzene rings is 1. The standard InChI is InChI=1S/C16H16FN3O2S/c17-11-6-2-1-5-10(11)16(22)20-8-4-3-7-12(20)15-19-9-13(23-15)14(18)21/h1-2,5-6,9,12H,3-4,7-8H2,(H2,18,21). The summed E-state index contributed by atoms with van der Waals surface area (Å²) < 4.78 is 13.9. The number of hydrogen-bond donors (Lipinski definition) is 1. The molecule has 1 unspecified atom stereocenters. The molecule has 1 aromatic carbocycles. The molecule has 0 saturated carbocycles. The predicted octanol–water partition coefficient (Wildman–Crippen LogP) is 2.75. The highest BCUT2D eigenvalue weighted by atomic mass is 32.1. The summed E-state index contributed by atoms with van der Waals surface area (Å²) >= 11 is 1.19. The van der Waals surface area contributed by atoms with Crippen molar-refractivity contribution in [2.45, 2.75) is 25.3 Å². The maximum Gasteiger partial charge on any atom is 0.260 e. The van der Waals surface area contributed by atoms with Gasteiger partial charge < -0.3 is 10.6 Å².